The van der Waals surface area contributed by atoms with Crippen LogP contribution in [0.4, 0.5) is 0 Å². The van der Waals surface area contributed by atoms with Crippen LogP contribution >= 0.6 is 11.6 Å². The lowest BCUT2D eigenvalue weighted by Crippen LogP contribution is -2.39. The molecule has 6 heteroatoms. The smallest absolute Gasteiger partial charge is 0.273 e. The highest BCUT2D eigenvalue weighted by Gasteiger charge is 2.38. The lowest BCUT2D eigenvalue weighted by atomic mass is 9.99. The number of amides is 2. The van der Waals surface area contributed by atoms with Gasteiger partial charge in [-0.05, 0) is 31.4 Å². The second-order valence-electron chi connectivity index (χ2n) is 6.58. The van der Waals surface area contributed by atoms with Gasteiger partial charge in [-0.1, -0.05) is 35.4 Å². The predicted molar refractivity (Wildman–Crippen MR) is 97.3 cm³/mol. The van der Waals surface area contributed by atoms with Gasteiger partial charge in [-0.25, -0.2) is 0 Å². The first-order valence-corrected chi connectivity index (χ1v) is 9.00. The Bertz CT molecular complexity index is 723. The van der Waals surface area contributed by atoms with Crippen molar-refractivity contribution in [3.8, 4) is 0 Å². The summed E-state index contributed by atoms with van der Waals surface area (Å²) in [4.78, 5) is 28.8. The van der Waals surface area contributed by atoms with Gasteiger partial charge in [0.25, 0.3) is 11.8 Å². The van der Waals surface area contributed by atoms with E-state index in [-0.39, 0.29) is 16.8 Å². The monoisotopic (exact) mass is 362 g/mol. The maximum absolute atomic E-state index is 12.8. The number of carbonyl (C=O) groups is 2. The average molecular weight is 363 g/mol. The first-order valence-electron chi connectivity index (χ1n) is 8.62. The molecule has 0 spiro atoms. The molecule has 1 fully saturated rings. The third-order valence-corrected chi connectivity index (χ3v) is 5.07. The van der Waals surface area contributed by atoms with Crippen molar-refractivity contribution in [3.63, 3.8) is 0 Å². The Kier molecular flexibility index (Phi) is 5.57. The number of aryl methyl sites for hydroxylation is 2. The maximum atomic E-state index is 12.8. The minimum Gasteiger partial charge on any atom is -0.379 e. The van der Waals surface area contributed by atoms with Crippen molar-refractivity contribution in [2.24, 2.45) is 0 Å². The number of rotatable bonds is 5. The second-order valence-corrected chi connectivity index (χ2v) is 6.95. The van der Waals surface area contributed by atoms with Crippen molar-refractivity contribution in [1.29, 1.82) is 0 Å². The van der Waals surface area contributed by atoms with Crippen molar-refractivity contribution in [2.75, 3.05) is 39.4 Å². The Morgan fingerprint density at radius 3 is 2.48 bits per heavy atom. The molecule has 2 aliphatic rings. The van der Waals surface area contributed by atoms with E-state index in [0.717, 1.165) is 56.0 Å². The van der Waals surface area contributed by atoms with Crippen molar-refractivity contribution < 1.29 is 14.3 Å². The molecule has 0 N–H and O–H groups in total. The Balaban J connectivity index is 1.68. The molecule has 0 bridgehead atoms. The van der Waals surface area contributed by atoms with Gasteiger partial charge in [0.15, 0.2) is 0 Å². The molecule has 0 aliphatic carbocycles. The molecule has 2 heterocycles. The van der Waals surface area contributed by atoms with E-state index in [1.807, 2.05) is 32.0 Å². The molecule has 5 nitrogen and oxygen atoms in total. The first-order chi connectivity index (χ1) is 12.0. The average Bonchev–Trinajstić information content (AvgIpc) is 2.80. The van der Waals surface area contributed by atoms with Crippen LogP contribution in [0.15, 0.2) is 23.2 Å². The topological polar surface area (TPSA) is 49.9 Å². The summed E-state index contributed by atoms with van der Waals surface area (Å²) in [5, 5.41) is 0.0309. The van der Waals surface area contributed by atoms with Gasteiger partial charge in [0, 0.05) is 26.2 Å². The van der Waals surface area contributed by atoms with Gasteiger partial charge >= 0.3 is 0 Å². The molecule has 1 saturated heterocycles. The third-order valence-electron chi connectivity index (χ3n) is 4.72. The van der Waals surface area contributed by atoms with Gasteiger partial charge in [-0.2, -0.15) is 0 Å². The van der Waals surface area contributed by atoms with Crippen LogP contribution in [0.25, 0.3) is 5.57 Å². The zero-order valence-corrected chi connectivity index (χ0v) is 15.4. The summed E-state index contributed by atoms with van der Waals surface area (Å²) in [6.07, 6.45) is 0.738. The fourth-order valence-electron chi connectivity index (χ4n) is 3.35. The number of ether oxygens (including phenoxy) is 1. The molecule has 2 amide bonds. The van der Waals surface area contributed by atoms with E-state index in [0.29, 0.717) is 12.1 Å². The van der Waals surface area contributed by atoms with Crippen molar-refractivity contribution in [3.05, 3.63) is 39.9 Å². The molecule has 0 unspecified atom stereocenters. The molecule has 1 aromatic rings. The molecular formula is C19H23ClN2O3. The largest absolute Gasteiger partial charge is 0.379 e. The van der Waals surface area contributed by atoms with Crippen LogP contribution in [0, 0.1) is 13.8 Å². The molecule has 0 aromatic heterocycles. The maximum Gasteiger partial charge on any atom is 0.273 e. The van der Waals surface area contributed by atoms with E-state index >= 15 is 0 Å². The summed E-state index contributed by atoms with van der Waals surface area (Å²) < 4.78 is 5.33. The number of halogens is 1. The van der Waals surface area contributed by atoms with Crippen LogP contribution in [-0.4, -0.2) is 61.0 Å². The highest BCUT2D eigenvalue weighted by Crippen LogP contribution is 2.33. The Morgan fingerprint density at radius 2 is 1.80 bits per heavy atom. The molecule has 0 atom stereocenters. The second kappa shape index (κ2) is 7.68. The van der Waals surface area contributed by atoms with Gasteiger partial charge in [-0.15, -0.1) is 0 Å². The molecular weight excluding hydrogens is 340 g/mol. The number of morpholine rings is 1. The minimum atomic E-state index is -0.386. The fourth-order valence-corrected chi connectivity index (χ4v) is 3.64. The summed E-state index contributed by atoms with van der Waals surface area (Å²) in [7, 11) is 0. The number of carbonyl (C=O) groups excluding carboxylic acids is 2. The van der Waals surface area contributed by atoms with Crippen LogP contribution in [0.2, 0.25) is 0 Å². The first kappa shape index (κ1) is 18.1. The fraction of sp³-hybridized carbons (Fsp3) is 0.474. The predicted octanol–water partition coefficient (Wildman–Crippen LogP) is 2.34. The van der Waals surface area contributed by atoms with Crippen molar-refractivity contribution in [1.82, 2.24) is 9.80 Å². The molecule has 134 valence electrons. The number of nitrogens with zero attached hydrogens (tertiary/aromatic N) is 2. The van der Waals surface area contributed by atoms with E-state index < -0.39 is 0 Å². The lowest BCUT2D eigenvalue weighted by Gasteiger charge is -2.27. The zero-order valence-electron chi connectivity index (χ0n) is 14.7. The summed E-state index contributed by atoms with van der Waals surface area (Å²) >= 11 is 6.23. The van der Waals surface area contributed by atoms with Crippen molar-refractivity contribution in [2.45, 2.75) is 20.3 Å². The molecule has 25 heavy (non-hydrogen) atoms. The summed E-state index contributed by atoms with van der Waals surface area (Å²) in [6.45, 7) is 8.43. The van der Waals surface area contributed by atoms with E-state index in [4.69, 9.17) is 16.3 Å². The normalized spacial score (nSPS) is 19.2. The van der Waals surface area contributed by atoms with Crippen LogP contribution in [0.5, 0.6) is 0 Å². The van der Waals surface area contributed by atoms with Crippen LogP contribution in [0.1, 0.15) is 23.1 Å². The highest BCUT2D eigenvalue weighted by molar-refractivity contribution is 6.55. The molecule has 0 saturated carbocycles. The third kappa shape index (κ3) is 3.78. The van der Waals surface area contributed by atoms with E-state index in [1.165, 1.54) is 4.90 Å². The van der Waals surface area contributed by atoms with Gasteiger partial charge in [0.1, 0.15) is 5.03 Å². The van der Waals surface area contributed by atoms with Crippen LogP contribution in [-0.2, 0) is 14.3 Å². The summed E-state index contributed by atoms with van der Waals surface area (Å²) in [5.41, 5.74) is 3.13. The number of imide groups is 1. The zero-order chi connectivity index (χ0) is 18.0. The molecule has 2 aliphatic heterocycles. The lowest BCUT2D eigenvalue weighted by molar-refractivity contribution is -0.136. The Labute approximate surface area is 153 Å². The van der Waals surface area contributed by atoms with Gasteiger partial charge in [0.2, 0.25) is 0 Å². The Hall–Kier alpha value is -1.69. The Morgan fingerprint density at radius 1 is 1.08 bits per heavy atom. The summed E-state index contributed by atoms with van der Waals surface area (Å²) in [5.74, 6) is -0.674. The highest BCUT2D eigenvalue weighted by atomic mass is 35.5. The summed E-state index contributed by atoms with van der Waals surface area (Å²) in [6, 6.07) is 5.79. The van der Waals surface area contributed by atoms with E-state index in [2.05, 4.69) is 4.90 Å². The number of hydrogen-bond donors (Lipinski definition) is 0. The molecule has 1 aromatic carbocycles. The molecule has 3 rings (SSSR count). The molecule has 0 radical (unpaired) electrons. The minimum absolute atomic E-state index is 0.0309. The van der Waals surface area contributed by atoms with Gasteiger partial charge < -0.3 is 4.74 Å². The van der Waals surface area contributed by atoms with Gasteiger partial charge in [-0.3, -0.25) is 19.4 Å². The van der Waals surface area contributed by atoms with Crippen LogP contribution < -0.4 is 0 Å². The van der Waals surface area contributed by atoms with E-state index in [9.17, 15) is 9.59 Å². The van der Waals surface area contributed by atoms with Crippen LogP contribution in [0.3, 0.4) is 0 Å². The quantitative estimate of drug-likeness (QED) is 0.754. The van der Waals surface area contributed by atoms with Gasteiger partial charge in [0.05, 0.1) is 18.8 Å². The SMILES string of the molecule is Cc1ccc(C2=C(Cl)C(=O)N(CCCN3CCOCC3)C2=O)c(C)c1. The van der Waals surface area contributed by atoms with E-state index in [1.54, 1.807) is 0 Å². The number of benzene rings is 1. The van der Waals surface area contributed by atoms with Crippen molar-refractivity contribution >= 4 is 29.0 Å². The number of hydrogen-bond acceptors (Lipinski definition) is 4. The standard InChI is InChI=1S/C19H23ClN2O3/c1-13-4-5-15(14(2)12-13)16-17(20)19(24)22(18(16)23)7-3-6-21-8-10-25-11-9-21/h4-5,12H,3,6-11H2,1-2H3.